The number of carbonyl (C=O) groups excluding carboxylic acids is 1. The van der Waals surface area contributed by atoms with Crippen molar-refractivity contribution in [3.63, 3.8) is 0 Å². The number of aromatic nitrogens is 3. The van der Waals surface area contributed by atoms with Crippen LogP contribution in [0.15, 0.2) is 18.3 Å². The summed E-state index contributed by atoms with van der Waals surface area (Å²) in [5.41, 5.74) is 9.10. The first-order chi connectivity index (χ1) is 9.15. The van der Waals surface area contributed by atoms with Gasteiger partial charge in [-0.15, -0.1) is 0 Å². The summed E-state index contributed by atoms with van der Waals surface area (Å²) in [5.74, 6) is 0.142. The lowest BCUT2D eigenvalue weighted by Crippen LogP contribution is -2.14. The third-order valence-corrected chi connectivity index (χ3v) is 3.19. The summed E-state index contributed by atoms with van der Waals surface area (Å²) in [7, 11) is 0. The van der Waals surface area contributed by atoms with Crippen LogP contribution in [0, 0.1) is 6.92 Å². The first-order valence-corrected chi connectivity index (χ1v) is 6.23. The molecule has 1 amide bonds. The maximum atomic E-state index is 12.1. The van der Waals surface area contributed by atoms with Crippen molar-refractivity contribution in [2.45, 2.75) is 25.7 Å². The fraction of sp³-hybridized carbons (Fsp3) is 0.308. The molecule has 1 fully saturated rings. The third-order valence-electron chi connectivity index (χ3n) is 3.19. The Morgan fingerprint density at radius 2 is 2.32 bits per heavy atom. The molecule has 0 aromatic carbocycles. The van der Waals surface area contributed by atoms with Gasteiger partial charge in [0, 0.05) is 23.5 Å². The Balaban J connectivity index is 1.80. The number of pyridine rings is 1. The number of aryl methyl sites for hydroxylation is 1. The quantitative estimate of drug-likeness (QED) is 0.781. The molecule has 19 heavy (non-hydrogen) atoms. The van der Waals surface area contributed by atoms with Crippen molar-refractivity contribution in [2.75, 3.05) is 11.1 Å². The van der Waals surface area contributed by atoms with E-state index in [2.05, 4.69) is 20.5 Å². The number of rotatable bonds is 3. The Labute approximate surface area is 110 Å². The van der Waals surface area contributed by atoms with E-state index in [0.29, 0.717) is 17.3 Å². The number of hydrogen-bond acceptors (Lipinski definition) is 4. The maximum absolute atomic E-state index is 12.1. The average molecular weight is 257 g/mol. The number of amides is 1. The summed E-state index contributed by atoms with van der Waals surface area (Å²) < 4.78 is 0. The van der Waals surface area contributed by atoms with Gasteiger partial charge >= 0.3 is 0 Å². The van der Waals surface area contributed by atoms with Crippen LogP contribution in [0.1, 0.15) is 40.6 Å². The van der Waals surface area contributed by atoms with Gasteiger partial charge in [0.05, 0.1) is 11.4 Å². The summed E-state index contributed by atoms with van der Waals surface area (Å²) in [4.78, 5) is 16.2. The van der Waals surface area contributed by atoms with Crippen LogP contribution < -0.4 is 11.1 Å². The molecule has 1 saturated carbocycles. The van der Waals surface area contributed by atoms with Gasteiger partial charge in [-0.25, -0.2) is 0 Å². The van der Waals surface area contributed by atoms with Crippen LogP contribution in [0.25, 0.3) is 0 Å². The molecule has 0 unspecified atom stereocenters. The zero-order valence-electron chi connectivity index (χ0n) is 10.6. The van der Waals surface area contributed by atoms with Gasteiger partial charge in [0.1, 0.15) is 0 Å². The zero-order valence-corrected chi connectivity index (χ0v) is 10.6. The SMILES string of the molecule is Cc1cc(NC(=O)c2n[nH]c(C3CC3)c2N)ccn1. The standard InChI is InChI=1S/C13H15N5O/c1-7-6-9(4-5-15-7)16-13(19)12-10(14)11(17-18-12)8-2-3-8/h4-6,8H,2-3,14H2,1H3,(H,17,18)(H,15,16,19). The van der Waals surface area contributed by atoms with Crippen LogP contribution >= 0.6 is 0 Å². The lowest BCUT2D eigenvalue weighted by atomic mass is 10.2. The lowest BCUT2D eigenvalue weighted by Gasteiger charge is -2.04. The molecule has 1 aliphatic carbocycles. The van der Waals surface area contributed by atoms with E-state index in [0.717, 1.165) is 24.2 Å². The highest BCUT2D eigenvalue weighted by Crippen LogP contribution is 2.42. The average Bonchev–Trinajstić information content (AvgIpc) is 3.13. The summed E-state index contributed by atoms with van der Waals surface area (Å²) in [6, 6.07) is 3.53. The maximum Gasteiger partial charge on any atom is 0.278 e. The normalized spacial score (nSPS) is 14.4. The van der Waals surface area contributed by atoms with Crippen molar-refractivity contribution >= 4 is 17.3 Å². The monoisotopic (exact) mass is 257 g/mol. The van der Waals surface area contributed by atoms with Crippen LogP contribution in [0.4, 0.5) is 11.4 Å². The topological polar surface area (TPSA) is 96.7 Å². The Morgan fingerprint density at radius 3 is 3.00 bits per heavy atom. The highest BCUT2D eigenvalue weighted by molar-refractivity contribution is 6.06. The van der Waals surface area contributed by atoms with Gasteiger partial charge in [-0.2, -0.15) is 5.10 Å². The summed E-state index contributed by atoms with van der Waals surface area (Å²) >= 11 is 0. The first kappa shape index (κ1) is 11.7. The second-order valence-electron chi connectivity index (χ2n) is 4.81. The summed E-state index contributed by atoms with van der Waals surface area (Å²) in [5, 5.41) is 9.65. The highest BCUT2D eigenvalue weighted by atomic mass is 16.2. The molecule has 2 aromatic rings. The number of aromatic amines is 1. The molecule has 2 aromatic heterocycles. The Bertz CT molecular complexity index is 630. The van der Waals surface area contributed by atoms with Gasteiger partial charge < -0.3 is 11.1 Å². The zero-order chi connectivity index (χ0) is 13.4. The van der Waals surface area contributed by atoms with Crippen LogP contribution in [-0.2, 0) is 0 Å². The van der Waals surface area contributed by atoms with Gasteiger partial charge in [0.2, 0.25) is 0 Å². The minimum atomic E-state index is -0.300. The Morgan fingerprint density at radius 1 is 1.53 bits per heavy atom. The molecule has 0 spiro atoms. The highest BCUT2D eigenvalue weighted by Gasteiger charge is 2.30. The molecule has 3 rings (SSSR count). The van der Waals surface area contributed by atoms with Crippen molar-refractivity contribution in [2.24, 2.45) is 0 Å². The van der Waals surface area contributed by atoms with Crippen molar-refractivity contribution in [1.29, 1.82) is 0 Å². The molecule has 98 valence electrons. The first-order valence-electron chi connectivity index (χ1n) is 6.23. The summed E-state index contributed by atoms with van der Waals surface area (Å²) in [6.45, 7) is 1.86. The van der Waals surface area contributed by atoms with E-state index in [1.807, 2.05) is 6.92 Å². The van der Waals surface area contributed by atoms with Gasteiger partial charge in [0.25, 0.3) is 5.91 Å². The van der Waals surface area contributed by atoms with Crippen LogP contribution in [0.5, 0.6) is 0 Å². The van der Waals surface area contributed by atoms with Gasteiger partial charge in [-0.05, 0) is 31.9 Å². The number of nitrogen functional groups attached to an aromatic ring is 1. The van der Waals surface area contributed by atoms with Crippen LogP contribution in [0.2, 0.25) is 0 Å². The molecule has 0 radical (unpaired) electrons. The molecule has 0 saturated heterocycles. The second kappa shape index (κ2) is 4.38. The number of carbonyl (C=O) groups is 1. The Kier molecular flexibility index (Phi) is 2.70. The predicted octanol–water partition coefficient (Wildman–Crippen LogP) is 1.83. The molecule has 2 heterocycles. The molecular weight excluding hydrogens is 242 g/mol. The van der Waals surface area contributed by atoms with E-state index < -0.39 is 0 Å². The molecule has 4 N–H and O–H groups in total. The number of anilines is 2. The molecule has 0 bridgehead atoms. The minimum absolute atomic E-state index is 0.261. The van der Waals surface area contributed by atoms with E-state index in [9.17, 15) is 4.79 Å². The lowest BCUT2D eigenvalue weighted by molar-refractivity contribution is 0.102. The number of nitrogens with one attached hydrogen (secondary N) is 2. The predicted molar refractivity (Wildman–Crippen MR) is 71.9 cm³/mol. The van der Waals surface area contributed by atoms with E-state index in [4.69, 9.17) is 5.73 Å². The fourth-order valence-corrected chi connectivity index (χ4v) is 2.03. The molecule has 6 heteroatoms. The fourth-order valence-electron chi connectivity index (χ4n) is 2.03. The van der Waals surface area contributed by atoms with Crippen LogP contribution in [-0.4, -0.2) is 21.1 Å². The molecule has 1 aliphatic rings. The molecule has 0 atom stereocenters. The van der Waals surface area contributed by atoms with Crippen molar-refractivity contribution in [3.8, 4) is 0 Å². The molecule has 6 nitrogen and oxygen atoms in total. The number of H-pyrrole nitrogens is 1. The van der Waals surface area contributed by atoms with E-state index in [1.165, 1.54) is 0 Å². The van der Waals surface area contributed by atoms with Crippen molar-refractivity contribution in [3.05, 3.63) is 35.4 Å². The van der Waals surface area contributed by atoms with Crippen molar-refractivity contribution in [1.82, 2.24) is 15.2 Å². The van der Waals surface area contributed by atoms with E-state index >= 15 is 0 Å². The third kappa shape index (κ3) is 2.29. The molecule has 0 aliphatic heterocycles. The largest absolute Gasteiger partial charge is 0.395 e. The number of hydrogen-bond donors (Lipinski definition) is 3. The smallest absolute Gasteiger partial charge is 0.278 e. The van der Waals surface area contributed by atoms with E-state index in [1.54, 1.807) is 18.3 Å². The van der Waals surface area contributed by atoms with Gasteiger partial charge in [0.15, 0.2) is 5.69 Å². The molecular formula is C13H15N5O. The van der Waals surface area contributed by atoms with Crippen LogP contribution in [0.3, 0.4) is 0 Å². The van der Waals surface area contributed by atoms with Crippen molar-refractivity contribution < 1.29 is 4.79 Å². The van der Waals surface area contributed by atoms with Gasteiger partial charge in [-0.1, -0.05) is 0 Å². The Hall–Kier alpha value is -2.37. The van der Waals surface area contributed by atoms with E-state index in [-0.39, 0.29) is 11.6 Å². The second-order valence-corrected chi connectivity index (χ2v) is 4.81. The van der Waals surface area contributed by atoms with Gasteiger partial charge in [-0.3, -0.25) is 14.9 Å². The number of nitrogens with zero attached hydrogens (tertiary/aromatic N) is 2. The summed E-state index contributed by atoms with van der Waals surface area (Å²) in [6.07, 6.45) is 3.86. The minimum Gasteiger partial charge on any atom is -0.395 e. The number of nitrogens with two attached hydrogens (primary N) is 1.